The number of benzene rings is 1. The van der Waals surface area contributed by atoms with Crippen molar-refractivity contribution >= 4 is 5.91 Å². The zero-order valence-corrected chi connectivity index (χ0v) is 14.5. The van der Waals surface area contributed by atoms with Gasteiger partial charge in [0.05, 0.1) is 23.6 Å². The van der Waals surface area contributed by atoms with Crippen LogP contribution in [0.4, 0.5) is 0 Å². The third kappa shape index (κ3) is 2.95. The van der Waals surface area contributed by atoms with E-state index in [0.717, 1.165) is 36.3 Å². The van der Waals surface area contributed by atoms with Crippen molar-refractivity contribution in [2.24, 2.45) is 7.05 Å². The van der Waals surface area contributed by atoms with Gasteiger partial charge in [0.1, 0.15) is 0 Å². The average molecular weight is 335 g/mol. The van der Waals surface area contributed by atoms with Crippen LogP contribution in [0, 0.1) is 6.92 Å². The van der Waals surface area contributed by atoms with Crippen LogP contribution in [-0.2, 0) is 7.05 Å². The lowest BCUT2D eigenvalue weighted by atomic mass is 10.1. The summed E-state index contributed by atoms with van der Waals surface area (Å²) >= 11 is 0. The van der Waals surface area contributed by atoms with E-state index in [9.17, 15) is 4.79 Å². The first-order valence-electron chi connectivity index (χ1n) is 8.54. The van der Waals surface area contributed by atoms with Gasteiger partial charge < -0.3 is 4.90 Å². The zero-order valence-electron chi connectivity index (χ0n) is 14.5. The number of amides is 1. The second-order valence-electron chi connectivity index (χ2n) is 6.55. The summed E-state index contributed by atoms with van der Waals surface area (Å²) in [6.45, 7) is 2.75. The largest absolute Gasteiger partial charge is 0.331 e. The van der Waals surface area contributed by atoms with E-state index < -0.39 is 0 Å². The van der Waals surface area contributed by atoms with Gasteiger partial charge in [0.25, 0.3) is 5.91 Å². The van der Waals surface area contributed by atoms with Gasteiger partial charge >= 0.3 is 0 Å². The summed E-state index contributed by atoms with van der Waals surface area (Å²) in [6.07, 6.45) is 7.79. The summed E-state index contributed by atoms with van der Waals surface area (Å²) in [5.74, 6) is 0.0783. The van der Waals surface area contributed by atoms with Crippen LogP contribution < -0.4 is 0 Å². The van der Waals surface area contributed by atoms with Gasteiger partial charge in [0.15, 0.2) is 0 Å². The molecule has 0 saturated carbocycles. The van der Waals surface area contributed by atoms with Crippen LogP contribution in [0.3, 0.4) is 0 Å². The minimum Gasteiger partial charge on any atom is -0.331 e. The second kappa shape index (κ2) is 6.20. The molecule has 0 spiro atoms. The van der Waals surface area contributed by atoms with E-state index in [4.69, 9.17) is 0 Å². The van der Waals surface area contributed by atoms with Crippen molar-refractivity contribution in [3.63, 3.8) is 0 Å². The van der Waals surface area contributed by atoms with Crippen LogP contribution in [-0.4, -0.2) is 36.9 Å². The highest BCUT2D eigenvalue weighted by Crippen LogP contribution is 2.32. The number of rotatable bonds is 3. The lowest BCUT2D eigenvalue weighted by molar-refractivity contribution is 0.0735. The van der Waals surface area contributed by atoms with Crippen molar-refractivity contribution in [3.05, 3.63) is 65.7 Å². The highest BCUT2D eigenvalue weighted by Gasteiger charge is 2.31. The lowest BCUT2D eigenvalue weighted by Gasteiger charge is -2.24. The van der Waals surface area contributed by atoms with Gasteiger partial charge in [0, 0.05) is 37.1 Å². The SMILES string of the molecule is Cc1ccn(-c2ccc(C(=O)N3CCC[C@@H]3c3cnn(C)c3)cc2)n1. The van der Waals surface area contributed by atoms with E-state index >= 15 is 0 Å². The molecule has 128 valence electrons. The maximum atomic E-state index is 13.0. The number of carbonyl (C=O) groups is 1. The van der Waals surface area contributed by atoms with E-state index in [1.165, 1.54) is 0 Å². The first-order valence-corrected chi connectivity index (χ1v) is 8.54. The molecule has 0 aliphatic carbocycles. The van der Waals surface area contributed by atoms with E-state index in [1.54, 1.807) is 4.68 Å². The monoisotopic (exact) mass is 335 g/mol. The Morgan fingerprint density at radius 3 is 2.64 bits per heavy atom. The average Bonchev–Trinajstić information content (AvgIpc) is 3.34. The minimum atomic E-state index is 0.0783. The number of likely N-dealkylation sites (tertiary alicyclic amines) is 1. The molecule has 0 bridgehead atoms. The van der Waals surface area contributed by atoms with Crippen LogP contribution >= 0.6 is 0 Å². The van der Waals surface area contributed by atoms with Crippen molar-refractivity contribution in [1.29, 1.82) is 0 Å². The summed E-state index contributed by atoms with van der Waals surface area (Å²) in [4.78, 5) is 14.9. The van der Waals surface area contributed by atoms with E-state index in [0.29, 0.717) is 5.56 Å². The van der Waals surface area contributed by atoms with Crippen molar-refractivity contribution in [3.8, 4) is 5.69 Å². The molecule has 1 amide bonds. The second-order valence-corrected chi connectivity index (χ2v) is 6.55. The van der Waals surface area contributed by atoms with E-state index in [1.807, 2.05) is 72.5 Å². The predicted molar refractivity (Wildman–Crippen MR) is 94.5 cm³/mol. The molecular weight excluding hydrogens is 314 g/mol. The minimum absolute atomic E-state index is 0.0783. The highest BCUT2D eigenvalue weighted by molar-refractivity contribution is 5.94. The topological polar surface area (TPSA) is 56.0 Å². The van der Waals surface area contributed by atoms with Gasteiger partial charge in [-0.25, -0.2) is 4.68 Å². The molecule has 4 rings (SSSR count). The van der Waals surface area contributed by atoms with Crippen LogP contribution in [0.15, 0.2) is 48.9 Å². The first-order chi connectivity index (χ1) is 12.1. The molecule has 0 N–H and O–H groups in total. The first kappa shape index (κ1) is 15.6. The maximum Gasteiger partial charge on any atom is 0.254 e. The Labute approximate surface area is 146 Å². The molecule has 1 atom stereocenters. The van der Waals surface area contributed by atoms with Crippen LogP contribution in [0.1, 0.15) is 40.5 Å². The number of hydrogen-bond acceptors (Lipinski definition) is 3. The fourth-order valence-corrected chi connectivity index (χ4v) is 3.45. The van der Waals surface area contributed by atoms with Gasteiger partial charge in [-0.3, -0.25) is 9.48 Å². The van der Waals surface area contributed by atoms with Crippen LogP contribution in [0.5, 0.6) is 0 Å². The third-order valence-electron chi connectivity index (χ3n) is 4.72. The molecule has 2 aromatic heterocycles. The van der Waals surface area contributed by atoms with E-state index in [2.05, 4.69) is 10.2 Å². The van der Waals surface area contributed by atoms with Gasteiger partial charge in [-0.15, -0.1) is 0 Å². The molecular formula is C19H21N5O. The van der Waals surface area contributed by atoms with Gasteiger partial charge in [-0.2, -0.15) is 10.2 Å². The predicted octanol–water partition coefficient (Wildman–Crippen LogP) is 2.89. The summed E-state index contributed by atoms with van der Waals surface area (Å²) in [5.41, 5.74) is 3.74. The maximum absolute atomic E-state index is 13.0. The quantitative estimate of drug-likeness (QED) is 0.739. The van der Waals surface area contributed by atoms with Crippen LogP contribution in [0.2, 0.25) is 0 Å². The molecule has 6 heteroatoms. The molecule has 0 unspecified atom stereocenters. The molecule has 1 aromatic carbocycles. The smallest absolute Gasteiger partial charge is 0.254 e. The molecule has 1 aliphatic rings. The standard InChI is InChI=1S/C19H21N5O/c1-14-9-11-24(21-14)17-7-5-15(6-8-17)19(25)23-10-3-4-18(23)16-12-20-22(2)13-16/h5-9,11-13,18H,3-4,10H2,1-2H3/t18-/m1/s1. The molecule has 25 heavy (non-hydrogen) atoms. The van der Waals surface area contributed by atoms with Crippen LogP contribution in [0.25, 0.3) is 5.69 Å². The zero-order chi connectivity index (χ0) is 17.4. The molecule has 3 heterocycles. The summed E-state index contributed by atoms with van der Waals surface area (Å²) < 4.78 is 3.61. The Morgan fingerprint density at radius 2 is 2.00 bits per heavy atom. The molecule has 6 nitrogen and oxygen atoms in total. The molecule has 1 fully saturated rings. The number of aryl methyl sites for hydroxylation is 2. The number of aromatic nitrogens is 4. The summed E-state index contributed by atoms with van der Waals surface area (Å²) in [6, 6.07) is 9.72. The molecule has 0 radical (unpaired) electrons. The van der Waals surface area contributed by atoms with E-state index in [-0.39, 0.29) is 11.9 Å². The molecule has 3 aromatic rings. The van der Waals surface area contributed by atoms with Crippen molar-refractivity contribution in [2.45, 2.75) is 25.8 Å². The van der Waals surface area contributed by atoms with Crippen molar-refractivity contribution in [1.82, 2.24) is 24.5 Å². The fourth-order valence-electron chi connectivity index (χ4n) is 3.45. The Hall–Kier alpha value is -2.89. The fraction of sp³-hybridized carbons (Fsp3) is 0.316. The van der Waals surface area contributed by atoms with Gasteiger partial charge in [0.2, 0.25) is 0 Å². The number of carbonyl (C=O) groups excluding carboxylic acids is 1. The van der Waals surface area contributed by atoms with Crippen molar-refractivity contribution < 1.29 is 4.79 Å². The normalized spacial score (nSPS) is 17.2. The molecule has 1 saturated heterocycles. The third-order valence-corrected chi connectivity index (χ3v) is 4.72. The van der Waals surface area contributed by atoms with Gasteiger partial charge in [-0.1, -0.05) is 0 Å². The lowest BCUT2D eigenvalue weighted by Crippen LogP contribution is -2.30. The Balaban J connectivity index is 1.55. The number of hydrogen-bond donors (Lipinski definition) is 0. The summed E-state index contributed by atoms with van der Waals surface area (Å²) in [7, 11) is 1.90. The Kier molecular flexibility index (Phi) is 3.87. The Bertz CT molecular complexity index is 893. The Morgan fingerprint density at radius 1 is 1.20 bits per heavy atom. The van der Waals surface area contributed by atoms with Crippen molar-refractivity contribution in [2.75, 3.05) is 6.54 Å². The highest BCUT2D eigenvalue weighted by atomic mass is 16.2. The molecule has 1 aliphatic heterocycles. The summed E-state index contributed by atoms with van der Waals surface area (Å²) in [5, 5.41) is 8.64. The van der Waals surface area contributed by atoms with Gasteiger partial charge in [-0.05, 0) is 50.1 Å². The number of nitrogens with zero attached hydrogens (tertiary/aromatic N) is 5.